The Morgan fingerprint density at radius 3 is 2.88 bits per heavy atom. The van der Waals surface area contributed by atoms with Crippen LogP contribution in [0.25, 0.3) is 5.65 Å². The van der Waals surface area contributed by atoms with Crippen molar-refractivity contribution in [2.45, 2.75) is 46.1 Å². The Morgan fingerprint density at radius 2 is 2.12 bits per heavy atom. The highest BCUT2D eigenvalue weighted by atomic mass is 32.1. The van der Waals surface area contributed by atoms with Crippen LogP contribution in [0.3, 0.4) is 0 Å². The number of pyridine rings is 1. The summed E-state index contributed by atoms with van der Waals surface area (Å²) in [5, 5.41) is 3.34. The van der Waals surface area contributed by atoms with Gasteiger partial charge in [-0.25, -0.2) is 0 Å². The zero-order valence-corrected chi connectivity index (χ0v) is 11.4. The van der Waals surface area contributed by atoms with Crippen molar-refractivity contribution < 1.29 is 4.40 Å². The fourth-order valence-electron chi connectivity index (χ4n) is 2.02. The molecule has 2 rings (SSSR count). The zero-order chi connectivity index (χ0) is 12.3. The topological polar surface area (TPSA) is 24.8 Å². The summed E-state index contributed by atoms with van der Waals surface area (Å²) >= 11 is 5.46. The van der Waals surface area contributed by atoms with E-state index in [0.717, 1.165) is 17.0 Å². The van der Waals surface area contributed by atoms with Gasteiger partial charge in [0.1, 0.15) is 6.54 Å². The Morgan fingerprint density at radius 1 is 1.29 bits per heavy atom. The molecule has 0 aliphatic rings. The highest BCUT2D eigenvalue weighted by Gasteiger charge is 2.09. The van der Waals surface area contributed by atoms with E-state index in [4.69, 9.17) is 12.2 Å². The lowest BCUT2D eigenvalue weighted by Gasteiger charge is -1.95. The summed E-state index contributed by atoms with van der Waals surface area (Å²) in [6.45, 7) is 5.30. The largest absolute Gasteiger partial charge is 0.330 e. The summed E-state index contributed by atoms with van der Waals surface area (Å²) in [7, 11) is 0. The van der Waals surface area contributed by atoms with Gasteiger partial charge in [-0.3, -0.25) is 0 Å². The molecule has 2 aromatic heterocycles. The molecule has 0 radical (unpaired) electrons. The van der Waals surface area contributed by atoms with Gasteiger partial charge in [-0.15, -0.1) is 4.68 Å². The van der Waals surface area contributed by atoms with E-state index in [0.29, 0.717) is 0 Å². The van der Waals surface area contributed by atoms with E-state index < -0.39 is 0 Å². The first-order valence-electron chi connectivity index (χ1n) is 6.33. The average Bonchev–Trinajstić information content (AvgIpc) is 2.62. The second-order valence-electron chi connectivity index (χ2n) is 4.57. The summed E-state index contributed by atoms with van der Waals surface area (Å²) in [4.78, 5) is 0. The fraction of sp³-hybridized carbons (Fsp3) is 0.538. The standard InChI is InChI=1S/C13H19N3S/c1-3-4-5-6-9-16-13(17)15-10-11(2)7-8-12(15)14-16/h7-8,10H,3-6,9H2,1-2H3/p+1. The van der Waals surface area contributed by atoms with E-state index in [-0.39, 0.29) is 0 Å². The third-order valence-corrected chi connectivity index (χ3v) is 3.44. The molecular formula is C13H20N3S+. The zero-order valence-electron chi connectivity index (χ0n) is 10.6. The molecule has 0 atom stereocenters. The lowest BCUT2D eigenvalue weighted by atomic mass is 10.2. The van der Waals surface area contributed by atoms with Crippen molar-refractivity contribution in [1.82, 2.24) is 9.78 Å². The normalized spacial score (nSPS) is 11.2. The summed E-state index contributed by atoms with van der Waals surface area (Å²) in [6.07, 6.45) is 7.12. The first-order chi connectivity index (χ1) is 8.22. The van der Waals surface area contributed by atoms with Gasteiger partial charge in [-0.2, -0.15) is 9.50 Å². The lowest BCUT2D eigenvalue weighted by Crippen LogP contribution is -2.21. The summed E-state index contributed by atoms with van der Waals surface area (Å²) < 4.78 is 4.98. The maximum absolute atomic E-state index is 5.46. The molecule has 2 heterocycles. The van der Waals surface area contributed by atoms with E-state index >= 15 is 0 Å². The summed E-state index contributed by atoms with van der Waals surface area (Å²) in [5.41, 5.74) is 2.29. The van der Waals surface area contributed by atoms with Gasteiger partial charge in [0.2, 0.25) is 0 Å². The molecule has 1 N–H and O–H groups in total. The Balaban J connectivity index is 2.18. The van der Waals surface area contributed by atoms with E-state index in [9.17, 15) is 0 Å². The molecule has 0 spiro atoms. The second kappa shape index (κ2) is 5.45. The number of unbranched alkanes of at least 4 members (excludes halogenated alkanes) is 3. The van der Waals surface area contributed by atoms with Crippen molar-refractivity contribution in [2.24, 2.45) is 0 Å². The monoisotopic (exact) mass is 250 g/mol. The highest BCUT2D eigenvalue weighted by molar-refractivity contribution is 7.71. The minimum atomic E-state index is 0.861. The number of aromatic nitrogens is 3. The van der Waals surface area contributed by atoms with Gasteiger partial charge in [0.15, 0.2) is 0 Å². The van der Waals surface area contributed by atoms with E-state index in [1.807, 2.05) is 4.40 Å². The van der Waals surface area contributed by atoms with Crippen molar-refractivity contribution in [1.29, 1.82) is 0 Å². The number of aromatic amines is 1. The predicted octanol–water partition coefficient (Wildman–Crippen LogP) is 3.17. The molecule has 3 nitrogen and oxygen atoms in total. The van der Waals surface area contributed by atoms with Crippen LogP contribution in [0.1, 0.15) is 38.2 Å². The molecule has 0 aromatic carbocycles. The van der Waals surface area contributed by atoms with Crippen molar-refractivity contribution in [2.75, 3.05) is 0 Å². The molecule has 0 bridgehead atoms. The Bertz CT molecular complexity index is 553. The minimum Gasteiger partial charge on any atom is -0.191 e. The Kier molecular flexibility index (Phi) is 3.94. The molecule has 0 unspecified atom stereocenters. The van der Waals surface area contributed by atoms with E-state index in [1.165, 1.54) is 31.2 Å². The van der Waals surface area contributed by atoms with Crippen LogP contribution in [0.15, 0.2) is 18.3 Å². The molecule has 92 valence electrons. The fourth-order valence-corrected chi connectivity index (χ4v) is 2.31. The number of hydrogen-bond donors (Lipinski definition) is 1. The number of rotatable bonds is 5. The van der Waals surface area contributed by atoms with Gasteiger partial charge in [0.25, 0.3) is 5.65 Å². The second-order valence-corrected chi connectivity index (χ2v) is 4.93. The van der Waals surface area contributed by atoms with Gasteiger partial charge in [-0.1, -0.05) is 26.2 Å². The van der Waals surface area contributed by atoms with Gasteiger partial charge in [0.05, 0.1) is 6.20 Å². The molecule has 17 heavy (non-hydrogen) atoms. The van der Waals surface area contributed by atoms with Gasteiger partial charge in [-0.05, 0) is 37.2 Å². The lowest BCUT2D eigenvalue weighted by molar-refractivity contribution is -0.521. The SMILES string of the molecule is CCCCCCn1[nH]c2ccc(C)c[n+]2c1=S. The predicted molar refractivity (Wildman–Crippen MR) is 71.7 cm³/mol. The van der Waals surface area contributed by atoms with E-state index in [2.05, 4.69) is 42.0 Å². The smallest absolute Gasteiger partial charge is 0.191 e. The molecule has 0 amide bonds. The van der Waals surface area contributed by atoms with E-state index in [1.54, 1.807) is 0 Å². The van der Waals surface area contributed by atoms with Crippen molar-refractivity contribution in [3.05, 3.63) is 28.7 Å². The van der Waals surface area contributed by atoms with Crippen LogP contribution in [-0.4, -0.2) is 9.78 Å². The summed E-state index contributed by atoms with van der Waals surface area (Å²) in [5.74, 6) is 0. The molecule has 4 heteroatoms. The minimum absolute atomic E-state index is 0.861. The van der Waals surface area contributed by atoms with Crippen LogP contribution in [-0.2, 0) is 6.54 Å². The van der Waals surface area contributed by atoms with Crippen LogP contribution in [0.4, 0.5) is 0 Å². The molecular weight excluding hydrogens is 230 g/mol. The van der Waals surface area contributed by atoms with Gasteiger partial charge in [0, 0.05) is 6.07 Å². The first kappa shape index (κ1) is 12.3. The van der Waals surface area contributed by atoms with Crippen molar-refractivity contribution >= 4 is 17.9 Å². The number of nitrogens with one attached hydrogen (secondary N) is 1. The quantitative estimate of drug-likeness (QED) is 0.492. The van der Waals surface area contributed by atoms with Gasteiger partial charge >= 0.3 is 4.77 Å². The maximum atomic E-state index is 5.46. The van der Waals surface area contributed by atoms with Crippen molar-refractivity contribution in [3.63, 3.8) is 0 Å². The van der Waals surface area contributed by atoms with Gasteiger partial charge < -0.3 is 0 Å². The third-order valence-electron chi connectivity index (χ3n) is 3.02. The molecule has 0 aliphatic heterocycles. The number of H-pyrrole nitrogens is 1. The number of aryl methyl sites for hydroxylation is 2. The van der Waals surface area contributed by atoms with Crippen LogP contribution >= 0.6 is 12.2 Å². The van der Waals surface area contributed by atoms with Crippen LogP contribution in [0, 0.1) is 11.7 Å². The average molecular weight is 250 g/mol. The maximum Gasteiger partial charge on any atom is 0.330 e. The number of nitrogens with zero attached hydrogens (tertiary/aromatic N) is 2. The van der Waals surface area contributed by atoms with Crippen LogP contribution < -0.4 is 4.40 Å². The first-order valence-corrected chi connectivity index (χ1v) is 6.74. The summed E-state index contributed by atoms with van der Waals surface area (Å²) in [6, 6.07) is 4.18. The number of hydrogen-bond acceptors (Lipinski definition) is 1. The highest BCUT2D eigenvalue weighted by Crippen LogP contribution is 2.03. The molecule has 0 fully saturated rings. The molecule has 0 aliphatic carbocycles. The van der Waals surface area contributed by atoms with Crippen molar-refractivity contribution in [3.8, 4) is 0 Å². The van der Waals surface area contributed by atoms with Crippen LogP contribution in [0.5, 0.6) is 0 Å². The Hall–Kier alpha value is -1.16. The Labute approximate surface area is 107 Å². The molecule has 0 saturated carbocycles. The number of fused-ring (bicyclic) bond motifs is 1. The van der Waals surface area contributed by atoms with Crippen LogP contribution in [0.2, 0.25) is 0 Å². The molecule has 0 saturated heterocycles. The third kappa shape index (κ3) is 2.75. The molecule has 2 aromatic rings.